The van der Waals surface area contributed by atoms with Crippen LogP contribution in [0, 0.1) is 62.1 Å². The predicted octanol–water partition coefficient (Wildman–Crippen LogP) is 9.82. The maximum absolute atomic E-state index is 13.4. The number of carbonyl (C=O) groups excluding carboxylic acids is 2. The number of hydrogen-bond donors (Lipinski definition) is 1. The van der Waals surface area contributed by atoms with Gasteiger partial charge in [-0.05, 0) is 156 Å². The van der Waals surface area contributed by atoms with Gasteiger partial charge in [0, 0.05) is 25.0 Å². The van der Waals surface area contributed by atoms with Crippen LogP contribution in [0.3, 0.4) is 0 Å². The third-order valence-electron chi connectivity index (χ3n) is 16.8. The van der Waals surface area contributed by atoms with Crippen LogP contribution in [0.1, 0.15) is 153 Å². The highest BCUT2D eigenvalue weighted by atomic mass is 16.6. The Hall–Kier alpha value is -1.93. The van der Waals surface area contributed by atoms with Crippen molar-refractivity contribution in [2.75, 3.05) is 26.4 Å². The molecule has 0 aromatic rings. The van der Waals surface area contributed by atoms with E-state index < -0.39 is 17.4 Å². The lowest BCUT2D eigenvalue weighted by Crippen LogP contribution is -2.66. The molecule has 0 aromatic heterocycles. The summed E-state index contributed by atoms with van der Waals surface area (Å²) >= 11 is 0. The molecule has 53 heavy (non-hydrogen) atoms. The highest BCUT2D eigenvalue weighted by Gasteiger charge is 2.71. The second kappa shape index (κ2) is 15.5. The molecule has 5 saturated carbocycles. The Morgan fingerprint density at radius 2 is 1.47 bits per heavy atom. The monoisotopic (exact) mass is 743 g/mol. The van der Waals surface area contributed by atoms with Crippen molar-refractivity contribution in [3.8, 4) is 0 Å². The third kappa shape index (κ3) is 7.52. The number of aliphatic carboxylic acids is 1. The van der Waals surface area contributed by atoms with Crippen molar-refractivity contribution in [1.29, 1.82) is 0 Å². The Morgan fingerprint density at radius 3 is 2.08 bits per heavy atom. The molecular weight excluding hydrogens is 668 g/mol. The number of esters is 2. The number of allylic oxidation sites excluding steroid dienone is 1. The van der Waals surface area contributed by atoms with Gasteiger partial charge < -0.3 is 24.1 Å². The summed E-state index contributed by atoms with van der Waals surface area (Å²) in [6, 6.07) is 0. The van der Waals surface area contributed by atoms with Gasteiger partial charge in [-0.3, -0.25) is 14.4 Å². The number of rotatable bonds is 15. The van der Waals surface area contributed by atoms with Crippen molar-refractivity contribution >= 4 is 17.9 Å². The predicted molar refractivity (Wildman–Crippen MR) is 207 cm³/mol. The Kier molecular flexibility index (Phi) is 12.4. The summed E-state index contributed by atoms with van der Waals surface area (Å²) in [5.41, 5.74) is 0.594. The van der Waals surface area contributed by atoms with Crippen molar-refractivity contribution in [1.82, 2.24) is 0 Å². The minimum Gasteiger partial charge on any atom is -0.481 e. The third-order valence-corrected chi connectivity index (χ3v) is 16.8. The van der Waals surface area contributed by atoms with Gasteiger partial charge in [-0.25, -0.2) is 0 Å². The van der Waals surface area contributed by atoms with Crippen molar-refractivity contribution in [3.05, 3.63) is 12.2 Å². The lowest BCUT2D eigenvalue weighted by atomic mass is 9.32. The molecule has 0 radical (unpaired) electrons. The first-order valence-electron chi connectivity index (χ1n) is 21.2. The van der Waals surface area contributed by atoms with Gasteiger partial charge in [-0.15, -0.1) is 0 Å². The lowest BCUT2D eigenvalue weighted by Gasteiger charge is -2.73. The molecule has 8 nitrogen and oxygen atoms in total. The number of ether oxygens (including phenoxy) is 4. The highest BCUT2D eigenvalue weighted by Crippen LogP contribution is 2.78. The van der Waals surface area contributed by atoms with Gasteiger partial charge in [0.2, 0.25) is 0 Å². The van der Waals surface area contributed by atoms with Gasteiger partial charge in [0.15, 0.2) is 0 Å². The first-order valence-corrected chi connectivity index (χ1v) is 21.2. The van der Waals surface area contributed by atoms with E-state index in [1.54, 1.807) is 13.8 Å². The van der Waals surface area contributed by atoms with Crippen molar-refractivity contribution in [2.24, 2.45) is 62.1 Å². The Labute approximate surface area is 321 Å². The van der Waals surface area contributed by atoms with E-state index in [0.29, 0.717) is 62.4 Å². The number of fused-ring (bicyclic) bond motifs is 7. The molecule has 3 unspecified atom stereocenters. The van der Waals surface area contributed by atoms with Gasteiger partial charge in [-0.1, -0.05) is 46.8 Å². The average molecular weight is 743 g/mol. The fourth-order valence-corrected chi connectivity index (χ4v) is 13.7. The number of carboxylic acid groups (broad SMARTS) is 1. The van der Waals surface area contributed by atoms with Crippen LogP contribution >= 0.6 is 0 Å². The molecule has 5 rings (SSSR count). The molecule has 0 spiro atoms. The number of carbonyl (C=O) groups is 3. The number of carboxylic acids is 1. The zero-order chi connectivity index (χ0) is 39.2. The molecule has 5 aliphatic carbocycles. The molecule has 1 N–H and O–H groups in total. The van der Waals surface area contributed by atoms with E-state index in [1.807, 2.05) is 13.8 Å². The van der Waals surface area contributed by atoms with Gasteiger partial charge in [0.05, 0.1) is 25.0 Å². The van der Waals surface area contributed by atoms with Crippen molar-refractivity contribution in [3.63, 3.8) is 0 Å². The van der Waals surface area contributed by atoms with E-state index in [1.165, 1.54) is 31.3 Å². The summed E-state index contributed by atoms with van der Waals surface area (Å²) in [5, 5.41) is 9.62. The summed E-state index contributed by atoms with van der Waals surface area (Å²) in [5.74, 6) is 1.10. The molecule has 5 aliphatic rings. The molecule has 0 amide bonds. The number of hydrogen-bond acceptors (Lipinski definition) is 7. The van der Waals surface area contributed by atoms with Gasteiger partial charge >= 0.3 is 17.9 Å². The maximum atomic E-state index is 13.4. The minimum atomic E-state index is -1.15. The van der Waals surface area contributed by atoms with Crippen molar-refractivity contribution < 1.29 is 38.4 Å². The fraction of sp³-hybridized carbons (Fsp3) is 0.889. The SMILES string of the molecule is C=C(C)[C@@H]1CC[C@]2(CCC(=O)OC(COCC)COCC)CC[C@]3(C)[C@H](CCC4[C@@]5(C)CC[C@H](OC(=O)CC(C)(C)C(=O)O)C(C)(C)C5CC[C@]43C)C12. The highest BCUT2D eigenvalue weighted by molar-refractivity contribution is 5.81. The fourth-order valence-electron chi connectivity index (χ4n) is 13.7. The molecule has 0 bridgehead atoms. The zero-order valence-electron chi connectivity index (χ0n) is 35.1. The van der Waals surface area contributed by atoms with Crippen LogP contribution in [0.2, 0.25) is 0 Å². The topological polar surface area (TPSA) is 108 Å². The molecule has 8 heteroatoms. The van der Waals surface area contributed by atoms with E-state index in [-0.39, 0.29) is 51.7 Å². The van der Waals surface area contributed by atoms with Crippen molar-refractivity contribution in [2.45, 2.75) is 165 Å². The second-order valence-electron chi connectivity index (χ2n) is 20.2. The summed E-state index contributed by atoms with van der Waals surface area (Å²) in [6.07, 6.45) is 11.9. The van der Waals surface area contributed by atoms with E-state index >= 15 is 0 Å². The summed E-state index contributed by atoms with van der Waals surface area (Å²) in [7, 11) is 0. The maximum Gasteiger partial charge on any atom is 0.309 e. The quantitative estimate of drug-likeness (QED) is 0.131. The normalized spacial score (nSPS) is 38.9. The van der Waals surface area contributed by atoms with Gasteiger partial charge in [-0.2, -0.15) is 0 Å². The summed E-state index contributed by atoms with van der Waals surface area (Å²) in [6.45, 7) is 28.2. The van der Waals surface area contributed by atoms with E-state index in [0.717, 1.165) is 44.9 Å². The first kappa shape index (κ1) is 42.2. The second-order valence-corrected chi connectivity index (χ2v) is 20.2. The van der Waals surface area contributed by atoms with Crippen LogP contribution in [-0.4, -0.2) is 61.6 Å². The molecular formula is C45H74O8. The smallest absolute Gasteiger partial charge is 0.309 e. The molecule has 302 valence electrons. The Balaban J connectivity index is 1.34. The Bertz CT molecular complexity index is 1360. The van der Waals surface area contributed by atoms with Crippen LogP contribution in [0.25, 0.3) is 0 Å². The van der Waals surface area contributed by atoms with E-state index in [9.17, 15) is 19.5 Å². The van der Waals surface area contributed by atoms with Gasteiger partial charge in [0.1, 0.15) is 12.2 Å². The van der Waals surface area contributed by atoms with Crippen LogP contribution in [0.15, 0.2) is 12.2 Å². The largest absolute Gasteiger partial charge is 0.481 e. The van der Waals surface area contributed by atoms with Gasteiger partial charge in [0.25, 0.3) is 0 Å². The van der Waals surface area contributed by atoms with E-state index in [4.69, 9.17) is 18.9 Å². The molecule has 0 saturated heterocycles. The molecule has 5 fully saturated rings. The average Bonchev–Trinajstić information content (AvgIpc) is 3.46. The van der Waals surface area contributed by atoms with Crippen LogP contribution in [0.5, 0.6) is 0 Å². The zero-order valence-corrected chi connectivity index (χ0v) is 35.1. The summed E-state index contributed by atoms with van der Waals surface area (Å²) in [4.78, 5) is 38.2. The van der Waals surface area contributed by atoms with Crippen LogP contribution in [-0.2, 0) is 33.3 Å². The molecule has 0 aliphatic heterocycles. The van der Waals surface area contributed by atoms with Crippen LogP contribution in [0.4, 0.5) is 0 Å². The van der Waals surface area contributed by atoms with Crippen LogP contribution < -0.4 is 0 Å². The lowest BCUT2D eigenvalue weighted by molar-refractivity contribution is -0.250. The Morgan fingerprint density at radius 1 is 0.811 bits per heavy atom. The molecule has 0 heterocycles. The molecule has 0 aromatic carbocycles. The minimum absolute atomic E-state index is 0.116. The standard InChI is InChI=1S/C45H74O8/c1-12-50-27-30(28-51-13-2)52-36(46)19-23-45-22-16-31(29(3)4)38(45)32-14-15-34-42(9)20-18-35(53-37(47)26-40(5,6)39(48)49)41(7,8)33(42)17-21-44(34,11)43(32,10)24-25-45/h30-35,38H,3,12-28H2,1-2,4-11H3,(H,48,49)/t31-,32+,33?,34?,35-,38?,42-,43+,44+,45-/m0/s1. The first-order chi connectivity index (χ1) is 24.7. The molecule has 10 atom stereocenters. The van der Waals surface area contributed by atoms with E-state index in [2.05, 4.69) is 48.1 Å². The summed E-state index contributed by atoms with van der Waals surface area (Å²) < 4.78 is 23.4.